The topological polar surface area (TPSA) is 108 Å². The van der Waals surface area contributed by atoms with Crippen molar-refractivity contribution < 1.29 is 24.5 Å². The van der Waals surface area contributed by atoms with Crippen LogP contribution in [-0.4, -0.2) is 69.7 Å². The van der Waals surface area contributed by atoms with Crippen molar-refractivity contribution in [3.63, 3.8) is 0 Å². The molecule has 0 aromatic rings. The molecule has 4 unspecified atom stereocenters. The zero-order valence-electron chi connectivity index (χ0n) is 14.3. The highest BCUT2D eigenvalue weighted by Crippen LogP contribution is 2.28. The Bertz CT molecular complexity index is 590. The van der Waals surface area contributed by atoms with Crippen LogP contribution in [0.2, 0.25) is 0 Å². The van der Waals surface area contributed by atoms with E-state index >= 15 is 0 Å². The molecule has 0 aliphatic carbocycles. The second kappa shape index (κ2) is 9.17. The Hall–Kier alpha value is -1.64. The number of nitrogens with one attached hydrogen (secondary N) is 1. The summed E-state index contributed by atoms with van der Waals surface area (Å²) in [5.41, 5.74) is 0.695. The van der Waals surface area contributed by atoms with Crippen LogP contribution in [0.3, 0.4) is 0 Å². The van der Waals surface area contributed by atoms with Gasteiger partial charge in [-0.15, -0.1) is 11.8 Å². The van der Waals surface area contributed by atoms with E-state index in [4.69, 9.17) is 4.74 Å². The van der Waals surface area contributed by atoms with Crippen LogP contribution in [0.15, 0.2) is 29.3 Å². The van der Waals surface area contributed by atoms with E-state index in [1.165, 1.54) is 24.8 Å². The number of aliphatic hydroxyl groups excluding tert-OH is 2. The Kier molecular flexibility index (Phi) is 7.22. The van der Waals surface area contributed by atoms with Gasteiger partial charge in [-0.3, -0.25) is 9.79 Å². The number of aliphatic imine (C=N–C) groups is 1. The Morgan fingerprint density at radius 3 is 2.92 bits per heavy atom. The Morgan fingerprint density at radius 2 is 2.32 bits per heavy atom. The molecule has 2 rings (SSSR count). The lowest BCUT2D eigenvalue weighted by molar-refractivity contribution is -0.164. The van der Waals surface area contributed by atoms with Crippen molar-refractivity contribution in [2.45, 2.75) is 49.9 Å². The van der Waals surface area contributed by atoms with Gasteiger partial charge in [0.15, 0.2) is 6.10 Å². The SMILES string of the molecule is C/C=C/C(O)C1OC(=O)[C@@H](NC(C)=O)CSC(C2=NCCC=C2)C1O. The first kappa shape index (κ1) is 19.7. The van der Waals surface area contributed by atoms with Gasteiger partial charge in [0.1, 0.15) is 18.2 Å². The van der Waals surface area contributed by atoms with Gasteiger partial charge in [0.05, 0.1) is 11.0 Å². The number of amides is 1. The number of hydrogen-bond acceptors (Lipinski definition) is 7. The van der Waals surface area contributed by atoms with Gasteiger partial charge in [-0.1, -0.05) is 18.2 Å². The van der Waals surface area contributed by atoms with Crippen molar-refractivity contribution >= 4 is 29.4 Å². The highest BCUT2D eigenvalue weighted by atomic mass is 32.2. The molecule has 8 heteroatoms. The molecule has 7 nitrogen and oxygen atoms in total. The van der Waals surface area contributed by atoms with E-state index in [1.54, 1.807) is 13.0 Å². The largest absolute Gasteiger partial charge is 0.455 e. The summed E-state index contributed by atoms with van der Waals surface area (Å²) in [6.45, 7) is 3.68. The maximum Gasteiger partial charge on any atom is 0.329 e. The number of carbonyl (C=O) groups excluding carboxylic acids is 2. The summed E-state index contributed by atoms with van der Waals surface area (Å²) in [7, 11) is 0. The minimum Gasteiger partial charge on any atom is -0.455 e. The standard InChI is InChI=1S/C17H24N2O5S/c1-3-6-13(21)15-14(22)16(11-7-4-5-8-18-11)25-9-12(17(23)24-15)19-10(2)20/h3-4,6-7,12-16,21-22H,5,8-9H2,1-2H3,(H,19,20)/b6-3+/t12-,13?,14?,15?,16?/m0/s1. The third kappa shape index (κ3) is 5.17. The van der Waals surface area contributed by atoms with Crippen molar-refractivity contribution in [1.29, 1.82) is 0 Å². The van der Waals surface area contributed by atoms with Crippen LogP contribution in [0.4, 0.5) is 0 Å². The summed E-state index contributed by atoms with van der Waals surface area (Å²) < 4.78 is 5.36. The summed E-state index contributed by atoms with van der Waals surface area (Å²) >= 11 is 1.32. The molecule has 0 aromatic heterocycles. The van der Waals surface area contributed by atoms with E-state index in [9.17, 15) is 19.8 Å². The number of cyclic esters (lactones) is 1. The summed E-state index contributed by atoms with van der Waals surface area (Å²) in [6.07, 6.45) is 4.31. The van der Waals surface area contributed by atoms with E-state index < -0.39 is 35.6 Å². The molecule has 1 amide bonds. The fourth-order valence-electron chi connectivity index (χ4n) is 2.72. The number of ether oxygens (including phenoxy) is 1. The van der Waals surface area contributed by atoms with Crippen molar-refractivity contribution in [2.75, 3.05) is 12.3 Å². The first-order chi connectivity index (χ1) is 11.9. The van der Waals surface area contributed by atoms with E-state index in [0.717, 1.165) is 6.42 Å². The number of allylic oxidation sites excluding steroid dienone is 2. The second-order valence-corrected chi connectivity index (χ2v) is 7.09. The van der Waals surface area contributed by atoms with E-state index in [1.807, 2.05) is 12.2 Å². The minimum atomic E-state index is -1.16. The molecule has 1 fully saturated rings. The third-order valence-electron chi connectivity index (χ3n) is 3.90. The lowest BCUT2D eigenvalue weighted by Gasteiger charge is -2.35. The highest BCUT2D eigenvalue weighted by molar-refractivity contribution is 8.00. The molecular formula is C17H24N2O5S. The molecule has 2 aliphatic rings. The number of hydrogen-bond donors (Lipinski definition) is 3. The molecule has 0 radical (unpaired) electrons. The second-order valence-electron chi connectivity index (χ2n) is 5.91. The number of thioether (sulfide) groups is 1. The van der Waals surface area contributed by atoms with Crippen LogP contribution in [0.5, 0.6) is 0 Å². The number of esters is 1. The molecule has 2 aliphatic heterocycles. The Morgan fingerprint density at radius 1 is 1.56 bits per heavy atom. The van der Waals surface area contributed by atoms with E-state index in [-0.39, 0.29) is 11.7 Å². The van der Waals surface area contributed by atoms with Gasteiger partial charge in [0.2, 0.25) is 5.91 Å². The van der Waals surface area contributed by atoms with Gasteiger partial charge in [-0.05, 0) is 19.4 Å². The molecule has 5 atom stereocenters. The van der Waals surface area contributed by atoms with Gasteiger partial charge in [0, 0.05) is 19.2 Å². The zero-order chi connectivity index (χ0) is 18.4. The van der Waals surface area contributed by atoms with Crippen LogP contribution in [-0.2, 0) is 14.3 Å². The van der Waals surface area contributed by atoms with E-state index in [2.05, 4.69) is 10.3 Å². The van der Waals surface area contributed by atoms with Crippen molar-refractivity contribution in [1.82, 2.24) is 5.32 Å². The molecule has 0 saturated carbocycles. The maximum absolute atomic E-state index is 12.3. The number of dihydropyridines is 1. The maximum atomic E-state index is 12.3. The van der Waals surface area contributed by atoms with Gasteiger partial charge >= 0.3 is 5.97 Å². The first-order valence-corrected chi connectivity index (χ1v) is 9.28. The van der Waals surface area contributed by atoms with Crippen LogP contribution in [0.1, 0.15) is 20.3 Å². The first-order valence-electron chi connectivity index (χ1n) is 8.23. The predicted octanol–water partition coefficient (Wildman–Crippen LogP) is 0.217. The van der Waals surface area contributed by atoms with Crippen LogP contribution in [0, 0.1) is 0 Å². The van der Waals surface area contributed by atoms with Gasteiger partial charge in [0.25, 0.3) is 0 Å². The van der Waals surface area contributed by atoms with Crippen molar-refractivity contribution in [3.05, 3.63) is 24.3 Å². The summed E-state index contributed by atoms with van der Waals surface area (Å²) in [4.78, 5) is 28.1. The molecule has 0 bridgehead atoms. The molecule has 2 heterocycles. The number of aliphatic hydroxyl groups is 2. The summed E-state index contributed by atoms with van der Waals surface area (Å²) in [5, 5.41) is 23.1. The fourth-order valence-corrected chi connectivity index (χ4v) is 4.01. The lowest BCUT2D eigenvalue weighted by atomic mass is 9.99. The van der Waals surface area contributed by atoms with E-state index in [0.29, 0.717) is 12.3 Å². The van der Waals surface area contributed by atoms with Crippen LogP contribution >= 0.6 is 11.8 Å². The van der Waals surface area contributed by atoms with Gasteiger partial charge < -0.3 is 20.3 Å². The normalized spacial score (nSPS) is 31.7. The molecule has 0 aromatic carbocycles. The average Bonchev–Trinajstić information content (AvgIpc) is 2.58. The zero-order valence-corrected chi connectivity index (χ0v) is 15.1. The molecule has 138 valence electrons. The Balaban J connectivity index is 2.30. The van der Waals surface area contributed by atoms with Crippen LogP contribution < -0.4 is 5.32 Å². The molecular weight excluding hydrogens is 344 g/mol. The number of carbonyl (C=O) groups is 2. The minimum absolute atomic E-state index is 0.249. The number of rotatable bonds is 4. The average molecular weight is 368 g/mol. The highest BCUT2D eigenvalue weighted by Gasteiger charge is 2.41. The molecule has 3 N–H and O–H groups in total. The fraction of sp³-hybridized carbons (Fsp3) is 0.588. The third-order valence-corrected chi connectivity index (χ3v) is 5.31. The monoisotopic (exact) mass is 368 g/mol. The predicted molar refractivity (Wildman–Crippen MR) is 96.6 cm³/mol. The van der Waals surface area contributed by atoms with Crippen molar-refractivity contribution in [3.8, 4) is 0 Å². The van der Waals surface area contributed by atoms with Crippen LogP contribution in [0.25, 0.3) is 0 Å². The summed E-state index contributed by atoms with van der Waals surface area (Å²) in [6, 6.07) is -0.842. The lowest BCUT2D eigenvalue weighted by Crippen LogP contribution is -2.54. The van der Waals surface area contributed by atoms with Crippen molar-refractivity contribution in [2.24, 2.45) is 4.99 Å². The number of nitrogens with zero attached hydrogens (tertiary/aromatic N) is 1. The summed E-state index contributed by atoms with van der Waals surface area (Å²) in [5.74, 6) is -0.769. The van der Waals surface area contributed by atoms with Gasteiger partial charge in [-0.25, -0.2) is 4.79 Å². The Labute approximate surface area is 151 Å². The molecule has 0 spiro atoms. The quantitative estimate of drug-likeness (QED) is 0.484. The molecule has 25 heavy (non-hydrogen) atoms. The van der Waals surface area contributed by atoms with Gasteiger partial charge in [-0.2, -0.15) is 0 Å². The smallest absolute Gasteiger partial charge is 0.329 e. The molecule has 1 saturated heterocycles.